The Balaban J connectivity index is 2.39. The molecule has 0 bridgehead atoms. The van der Waals surface area contributed by atoms with Crippen molar-refractivity contribution >= 4 is 5.65 Å². The highest BCUT2D eigenvalue weighted by molar-refractivity contribution is 5.40. The zero-order chi connectivity index (χ0) is 10.8. The van der Waals surface area contributed by atoms with Crippen LogP contribution in [0.15, 0.2) is 24.5 Å². The van der Waals surface area contributed by atoms with Gasteiger partial charge in [-0.3, -0.25) is 0 Å². The molecule has 1 unspecified atom stereocenters. The minimum absolute atomic E-state index is 0.248. The molecule has 1 atom stereocenters. The Kier molecular flexibility index (Phi) is 2.68. The molecule has 3 nitrogen and oxygen atoms in total. The Morgan fingerprint density at radius 1 is 1.53 bits per heavy atom. The third kappa shape index (κ3) is 1.99. The van der Waals surface area contributed by atoms with Crippen molar-refractivity contribution in [1.29, 1.82) is 0 Å². The first-order valence-corrected chi connectivity index (χ1v) is 5.02. The van der Waals surface area contributed by atoms with Crippen LogP contribution in [-0.4, -0.2) is 15.9 Å². The van der Waals surface area contributed by atoms with E-state index in [0.29, 0.717) is 12.5 Å². The Hall–Kier alpha value is -1.42. The van der Waals surface area contributed by atoms with Crippen LogP contribution < -0.4 is 5.73 Å². The second-order valence-electron chi connectivity index (χ2n) is 3.87. The first kappa shape index (κ1) is 10.1. The number of imidazole rings is 1. The number of hydrogen-bond acceptors (Lipinski definition) is 2. The lowest BCUT2D eigenvalue weighted by Gasteiger charge is -2.07. The fraction of sp³-hybridized carbons (Fsp3) is 0.364. The Morgan fingerprint density at radius 3 is 3.07 bits per heavy atom. The van der Waals surface area contributed by atoms with Crippen molar-refractivity contribution in [3.05, 3.63) is 36.0 Å². The molecule has 0 aliphatic carbocycles. The summed E-state index contributed by atoms with van der Waals surface area (Å²) in [6, 6.07) is 3.09. The van der Waals surface area contributed by atoms with Crippen LogP contribution in [-0.2, 0) is 6.42 Å². The van der Waals surface area contributed by atoms with Crippen molar-refractivity contribution in [2.75, 3.05) is 6.54 Å². The zero-order valence-electron chi connectivity index (χ0n) is 8.65. The first-order valence-electron chi connectivity index (χ1n) is 5.02. The fourth-order valence-corrected chi connectivity index (χ4v) is 1.60. The van der Waals surface area contributed by atoms with Crippen molar-refractivity contribution in [3.8, 4) is 0 Å². The van der Waals surface area contributed by atoms with Gasteiger partial charge < -0.3 is 10.1 Å². The summed E-state index contributed by atoms with van der Waals surface area (Å²) < 4.78 is 14.8. The SMILES string of the molecule is CC(CN)Cc1cnc2ccc(F)cn12. The van der Waals surface area contributed by atoms with Crippen LogP contribution in [0.4, 0.5) is 4.39 Å². The predicted octanol–water partition coefficient (Wildman–Crippen LogP) is 1.61. The van der Waals surface area contributed by atoms with E-state index >= 15 is 0 Å². The third-order valence-electron chi connectivity index (χ3n) is 2.51. The highest BCUT2D eigenvalue weighted by atomic mass is 19.1. The molecule has 80 valence electrons. The van der Waals surface area contributed by atoms with E-state index in [4.69, 9.17) is 5.73 Å². The molecule has 0 saturated heterocycles. The van der Waals surface area contributed by atoms with Crippen molar-refractivity contribution in [1.82, 2.24) is 9.38 Å². The summed E-state index contributed by atoms with van der Waals surface area (Å²) in [5, 5.41) is 0. The largest absolute Gasteiger partial charge is 0.330 e. The van der Waals surface area contributed by atoms with Gasteiger partial charge in [0.15, 0.2) is 0 Å². The highest BCUT2D eigenvalue weighted by Gasteiger charge is 2.07. The van der Waals surface area contributed by atoms with Gasteiger partial charge in [-0.25, -0.2) is 9.37 Å². The third-order valence-corrected chi connectivity index (χ3v) is 2.51. The van der Waals surface area contributed by atoms with E-state index in [1.807, 2.05) is 0 Å². The van der Waals surface area contributed by atoms with Crippen molar-refractivity contribution in [2.24, 2.45) is 11.7 Å². The molecule has 4 heteroatoms. The normalized spacial score (nSPS) is 13.3. The topological polar surface area (TPSA) is 43.3 Å². The number of nitrogens with zero attached hydrogens (tertiary/aromatic N) is 2. The number of fused-ring (bicyclic) bond motifs is 1. The van der Waals surface area contributed by atoms with Crippen molar-refractivity contribution < 1.29 is 4.39 Å². The standard InChI is InChI=1S/C11H14FN3/c1-8(5-13)4-10-6-14-11-3-2-9(12)7-15(10)11/h2-3,6-8H,4-5,13H2,1H3. The Bertz CT molecular complexity index is 464. The molecule has 0 spiro atoms. The monoisotopic (exact) mass is 207 g/mol. The van der Waals surface area contributed by atoms with Gasteiger partial charge in [-0.05, 0) is 31.0 Å². The van der Waals surface area contributed by atoms with Crippen LogP contribution in [0.2, 0.25) is 0 Å². The lowest BCUT2D eigenvalue weighted by Crippen LogP contribution is -2.14. The van der Waals surface area contributed by atoms with E-state index in [-0.39, 0.29) is 5.82 Å². The molecule has 2 rings (SSSR count). The fourth-order valence-electron chi connectivity index (χ4n) is 1.60. The zero-order valence-corrected chi connectivity index (χ0v) is 8.65. The molecule has 0 radical (unpaired) electrons. The first-order chi connectivity index (χ1) is 7.20. The lowest BCUT2D eigenvalue weighted by atomic mass is 10.1. The van der Waals surface area contributed by atoms with Gasteiger partial charge in [0.05, 0.1) is 0 Å². The summed E-state index contributed by atoms with van der Waals surface area (Å²) in [6.07, 6.45) is 4.06. The molecule has 2 N–H and O–H groups in total. The van der Waals surface area contributed by atoms with Crippen LogP contribution in [0.25, 0.3) is 5.65 Å². The maximum absolute atomic E-state index is 13.0. The number of halogens is 1. The van der Waals surface area contributed by atoms with E-state index in [2.05, 4.69) is 11.9 Å². The molecular formula is C11H14FN3. The van der Waals surface area contributed by atoms with E-state index in [9.17, 15) is 4.39 Å². The molecular weight excluding hydrogens is 193 g/mol. The molecule has 0 aliphatic rings. The minimum atomic E-state index is -0.248. The molecule has 0 amide bonds. The van der Waals surface area contributed by atoms with E-state index in [1.165, 1.54) is 12.3 Å². The minimum Gasteiger partial charge on any atom is -0.330 e. The summed E-state index contributed by atoms with van der Waals surface area (Å²) in [5.41, 5.74) is 7.33. The summed E-state index contributed by atoms with van der Waals surface area (Å²) in [7, 11) is 0. The molecule has 0 saturated carbocycles. The average Bonchev–Trinajstić information content (AvgIpc) is 2.61. The van der Waals surface area contributed by atoms with Gasteiger partial charge >= 0.3 is 0 Å². The van der Waals surface area contributed by atoms with Crippen LogP contribution >= 0.6 is 0 Å². The van der Waals surface area contributed by atoms with E-state index in [0.717, 1.165) is 17.8 Å². The Labute approximate surface area is 87.7 Å². The molecule has 0 aromatic carbocycles. The molecule has 2 heterocycles. The number of hydrogen-bond donors (Lipinski definition) is 1. The summed E-state index contributed by atoms with van der Waals surface area (Å²) in [4.78, 5) is 4.20. The summed E-state index contributed by atoms with van der Waals surface area (Å²) in [5.74, 6) is 0.135. The number of aromatic nitrogens is 2. The number of nitrogens with two attached hydrogens (primary N) is 1. The molecule has 0 fully saturated rings. The summed E-state index contributed by atoms with van der Waals surface area (Å²) >= 11 is 0. The molecule has 0 aliphatic heterocycles. The van der Waals surface area contributed by atoms with Gasteiger partial charge in [-0.15, -0.1) is 0 Å². The van der Waals surface area contributed by atoms with Gasteiger partial charge in [0, 0.05) is 18.1 Å². The maximum Gasteiger partial charge on any atom is 0.139 e. The quantitative estimate of drug-likeness (QED) is 0.831. The van der Waals surface area contributed by atoms with Crippen LogP contribution in [0.3, 0.4) is 0 Å². The average molecular weight is 207 g/mol. The highest BCUT2D eigenvalue weighted by Crippen LogP contribution is 2.12. The number of rotatable bonds is 3. The second-order valence-corrected chi connectivity index (χ2v) is 3.87. The lowest BCUT2D eigenvalue weighted by molar-refractivity contribution is 0.576. The summed E-state index contributed by atoms with van der Waals surface area (Å²) in [6.45, 7) is 2.70. The van der Waals surface area contributed by atoms with Gasteiger partial charge in [-0.1, -0.05) is 6.92 Å². The van der Waals surface area contributed by atoms with Gasteiger partial charge in [0.25, 0.3) is 0 Å². The van der Waals surface area contributed by atoms with E-state index in [1.54, 1.807) is 16.7 Å². The Morgan fingerprint density at radius 2 is 2.33 bits per heavy atom. The van der Waals surface area contributed by atoms with Crippen LogP contribution in [0.1, 0.15) is 12.6 Å². The van der Waals surface area contributed by atoms with Crippen molar-refractivity contribution in [2.45, 2.75) is 13.3 Å². The number of pyridine rings is 1. The van der Waals surface area contributed by atoms with Gasteiger partial charge in [0.2, 0.25) is 0 Å². The van der Waals surface area contributed by atoms with Gasteiger partial charge in [0.1, 0.15) is 11.5 Å². The van der Waals surface area contributed by atoms with Crippen LogP contribution in [0, 0.1) is 11.7 Å². The molecule has 15 heavy (non-hydrogen) atoms. The van der Waals surface area contributed by atoms with Crippen LogP contribution in [0.5, 0.6) is 0 Å². The van der Waals surface area contributed by atoms with Gasteiger partial charge in [-0.2, -0.15) is 0 Å². The molecule has 2 aromatic heterocycles. The van der Waals surface area contributed by atoms with Crippen molar-refractivity contribution in [3.63, 3.8) is 0 Å². The second kappa shape index (κ2) is 3.98. The maximum atomic E-state index is 13.0. The molecule has 2 aromatic rings. The van der Waals surface area contributed by atoms with E-state index < -0.39 is 0 Å². The predicted molar refractivity (Wildman–Crippen MR) is 57.1 cm³/mol. The smallest absolute Gasteiger partial charge is 0.139 e.